The molecule has 8 nitrogen and oxygen atoms in total. The Balaban J connectivity index is 1.64. The number of pyridine rings is 1. The number of rotatable bonds is 4. The summed E-state index contributed by atoms with van der Waals surface area (Å²) in [6.07, 6.45) is 5.83. The Morgan fingerprint density at radius 1 is 1.41 bits per heavy atom. The van der Waals surface area contributed by atoms with Crippen LogP contribution in [-0.2, 0) is 0 Å². The van der Waals surface area contributed by atoms with Crippen molar-refractivity contribution in [1.82, 2.24) is 19.6 Å². The number of nitriles is 1. The molecule has 0 radical (unpaired) electrons. The van der Waals surface area contributed by atoms with Gasteiger partial charge in [0, 0.05) is 18.2 Å². The van der Waals surface area contributed by atoms with Crippen molar-refractivity contribution >= 4 is 11.3 Å². The third kappa shape index (κ3) is 2.63. The van der Waals surface area contributed by atoms with Gasteiger partial charge in [0.25, 0.3) is 0 Å². The van der Waals surface area contributed by atoms with E-state index in [9.17, 15) is 14.8 Å². The summed E-state index contributed by atoms with van der Waals surface area (Å²) in [4.78, 5) is 10.3. The van der Waals surface area contributed by atoms with Crippen molar-refractivity contribution in [3.8, 4) is 23.2 Å². The van der Waals surface area contributed by atoms with E-state index in [1.54, 1.807) is 27.9 Å². The van der Waals surface area contributed by atoms with E-state index in [1.165, 1.54) is 13.2 Å². The molecule has 5 rings (SSSR count). The summed E-state index contributed by atoms with van der Waals surface area (Å²) < 4.78 is 21.2. The molecule has 1 saturated heterocycles. The summed E-state index contributed by atoms with van der Waals surface area (Å²) in [6, 6.07) is 5.63. The summed E-state index contributed by atoms with van der Waals surface area (Å²) in [5, 5.41) is 25.2. The molecule has 29 heavy (non-hydrogen) atoms. The molecule has 148 valence electrons. The molecule has 0 bridgehead atoms. The van der Waals surface area contributed by atoms with E-state index < -0.39 is 17.5 Å². The second-order valence-corrected chi connectivity index (χ2v) is 7.56. The molecule has 0 spiro atoms. The Labute approximate surface area is 166 Å². The van der Waals surface area contributed by atoms with Crippen LogP contribution in [0, 0.1) is 28.5 Å². The Morgan fingerprint density at radius 3 is 2.97 bits per heavy atom. The number of aliphatic hydroxyl groups excluding tert-OH is 1. The summed E-state index contributed by atoms with van der Waals surface area (Å²) in [5.74, 6) is 0.407. The average Bonchev–Trinajstić information content (AvgIpc) is 3.38. The molecular formula is C20H19FN6O2. The van der Waals surface area contributed by atoms with Crippen LogP contribution in [-0.4, -0.2) is 44.6 Å². The minimum absolute atomic E-state index is 0.207. The van der Waals surface area contributed by atoms with Crippen molar-refractivity contribution < 1.29 is 14.2 Å². The van der Waals surface area contributed by atoms with Crippen molar-refractivity contribution in [2.75, 3.05) is 18.6 Å². The highest BCUT2D eigenvalue weighted by molar-refractivity contribution is 5.74. The van der Waals surface area contributed by atoms with Gasteiger partial charge in [-0.2, -0.15) is 10.4 Å². The third-order valence-corrected chi connectivity index (χ3v) is 5.99. The van der Waals surface area contributed by atoms with Gasteiger partial charge in [-0.05, 0) is 31.2 Å². The van der Waals surface area contributed by atoms with E-state index in [4.69, 9.17) is 4.74 Å². The first kappa shape index (κ1) is 17.8. The minimum atomic E-state index is -0.974. The highest BCUT2D eigenvalue weighted by atomic mass is 19.1. The van der Waals surface area contributed by atoms with Gasteiger partial charge >= 0.3 is 0 Å². The number of nitrogens with zero attached hydrogens (tertiary/aromatic N) is 6. The second kappa shape index (κ2) is 6.39. The quantitative estimate of drug-likeness (QED) is 0.725. The molecule has 0 amide bonds. The lowest BCUT2D eigenvalue weighted by molar-refractivity contribution is 0.0778. The van der Waals surface area contributed by atoms with Crippen LogP contribution >= 0.6 is 0 Å². The molecule has 2 aliphatic rings. The molecular weight excluding hydrogens is 375 g/mol. The second-order valence-electron chi connectivity index (χ2n) is 7.56. The number of aromatic nitrogens is 4. The fraction of sp³-hybridized carbons (Fsp3) is 0.400. The summed E-state index contributed by atoms with van der Waals surface area (Å²) in [6.45, 7) is 0.491. The summed E-state index contributed by atoms with van der Waals surface area (Å²) in [5.41, 5.74) is 0.444. The van der Waals surface area contributed by atoms with E-state index in [1.807, 2.05) is 0 Å². The fourth-order valence-corrected chi connectivity index (χ4v) is 4.25. The molecule has 1 unspecified atom stereocenters. The summed E-state index contributed by atoms with van der Waals surface area (Å²) in [7, 11) is 1.46. The Kier molecular flexibility index (Phi) is 3.93. The molecule has 1 saturated carbocycles. The number of aliphatic hydroxyl groups is 1. The van der Waals surface area contributed by atoms with E-state index in [0.717, 1.165) is 19.0 Å². The van der Waals surface area contributed by atoms with Crippen LogP contribution < -0.4 is 9.64 Å². The van der Waals surface area contributed by atoms with Gasteiger partial charge in [0.05, 0.1) is 37.5 Å². The van der Waals surface area contributed by atoms with Gasteiger partial charge in [-0.3, -0.25) is 0 Å². The van der Waals surface area contributed by atoms with Gasteiger partial charge < -0.3 is 14.7 Å². The highest BCUT2D eigenvalue weighted by Gasteiger charge is 2.56. The standard InChI is InChI=1S/C20H19FN6O2/c1-29-17-8-13(14(21)9-23-17)15-10-27-16(4-6-24-27)18(25-15)26-7-5-20(11-22,19(26)28)12-2-3-12/h4,6,8-10,12,19,28H,2-3,5,7H2,1H3/t19?,20-/m1/s1. The molecule has 1 N–H and O–H groups in total. The SMILES string of the molecule is COc1cc(-c2cn3nccc3c(N3CC[C@@](C#N)(C4CC4)C3O)n2)c(F)cn1. The maximum absolute atomic E-state index is 14.5. The molecule has 4 heterocycles. The van der Waals surface area contributed by atoms with Gasteiger partial charge in [-0.25, -0.2) is 18.9 Å². The van der Waals surface area contributed by atoms with E-state index in [-0.39, 0.29) is 17.4 Å². The molecule has 3 aromatic heterocycles. The van der Waals surface area contributed by atoms with E-state index in [2.05, 4.69) is 21.1 Å². The lowest BCUT2D eigenvalue weighted by Gasteiger charge is -2.30. The van der Waals surface area contributed by atoms with Crippen molar-refractivity contribution in [2.24, 2.45) is 11.3 Å². The fourth-order valence-electron chi connectivity index (χ4n) is 4.25. The zero-order chi connectivity index (χ0) is 20.2. The first-order chi connectivity index (χ1) is 14.1. The first-order valence-electron chi connectivity index (χ1n) is 9.47. The van der Waals surface area contributed by atoms with Crippen LogP contribution in [0.3, 0.4) is 0 Å². The Hall–Kier alpha value is -3.25. The number of anilines is 1. The lowest BCUT2D eigenvalue weighted by atomic mass is 9.82. The van der Waals surface area contributed by atoms with E-state index >= 15 is 0 Å². The predicted octanol–water partition coefficient (Wildman–Crippen LogP) is 2.39. The molecule has 9 heteroatoms. The van der Waals surface area contributed by atoms with Gasteiger partial charge in [-0.15, -0.1) is 0 Å². The van der Waals surface area contributed by atoms with Crippen LogP contribution in [0.1, 0.15) is 19.3 Å². The largest absolute Gasteiger partial charge is 0.481 e. The van der Waals surface area contributed by atoms with Crippen LogP contribution in [0.15, 0.2) is 30.7 Å². The van der Waals surface area contributed by atoms with Crippen LogP contribution in [0.5, 0.6) is 5.88 Å². The van der Waals surface area contributed by atoms with Gasteiger partial charge in [-0.1, -0.05) is 0 Å². The number of hydrogen-bond donors (Lipinski definition) is 1. The Morgan fingerprint density at radius 2 is 2.24 bits per heavy atom. The molecule has 0 aromatic carbocycles. The Bertz CT molecular complexity index is 1140. The average molecular weight is 394 g/mol. The monoisotopic (exact) mass is 394 g/mol. The highest BCUT2D eigenvalue weighted by Crippen LogP contribution is 2.54. The molecule has 1 aliphatic heterocycles. The van der Waals surface area contributed by atoms with Crippen LogP contribution in [0.2, 0.25) is 0 Å². The number of hydrogen-bond acceptors (Lipinski definition) is 7. The number of fused-ring (bicyclic) bond motifs is 1. The predicted molar refractivity (Wildman–Crippen MR) is 101 cm³/mol. The molecule has 2 fully saturated rings. The molecule has 3 aromatic rings. The lowest BCUT2D eigenvalue weighted by Crippen LogP contribution is -2.40. The number of halogens is 1. The van der Waals surface area contributed by atoms with Gasteiger partial charge in [0.15, 0.2) is 11.6 Å². The topological polar surface area (TPSA) is 99.6 Å². The minimum Gasteiger partial charge on any atom is -0.481 e. The van der Waals surface area contributed by atoms with Gasteiger partial charge in [0.1, 0.15) is 17.2 Å². The van der Waals surface area contributed by atoms with Crippen LogP contribution in [0.4, 0.5) is 10.2 Å². The van der Waals surface area contributed by atoms with Crippen molar-refractivity contribution in [1.29, 1.82) is 5.26 Å². The maximum atomic E-state index is 14.5. The van der Waals surface area contributed by atoms with Crippen LogP contribution in [0.25, 0.3) is 16.8 Å². The maximum Gasteiger partial charge on any atom is 0.213 e. The molecule has 2 atom stereocenters. The number of ether oxygens (including phenoxy) is 1. The van der Waals surface area contributed by atoms with Crippen molar-refractivity contribution in [3.63, 3.8) is 0 Å². The normalized spacial score (nSPS) is 24.1. The number of methoxy groups -OCH3 is 1. The summed E-state index contributed by atoms with van der Waals surface area (Å²) >= 11 is 0. The zero-order valence-corrected chi connectivity index (χ0v) is 15.8. The van der Waals surface area contributed by atoms with Gasteiger partial charge in [0.2, 0.25) is 5.88 Å². The third-order valence-electron chi connectivity index (χ3n) is 5.99. The van der Waals surface area contributed by atoms with Crippen molar-refractivity contribution in [3.05, 3.63) is 36.5 Å². The molecule has 1 aliphatic carbocycles. The zero-order valence-electron chi connectivity index (χ0n) is 15.8. The van der Waals surface area contributed by atoms with Crippen molar-refractivity contribution in [2.45, 2.75) is 25.5 Å². The smallest absolute Gasteiger partial charge is 0.213 e. The first-order valence-corrected chi connectivity index (χ1v) is 9.47. The van der Waals surface area contributed by atoms with E-state index in [0.29, 0.717) is 30.0 Å².